The highest BCUT2D eigenvalue weighted by Crippen LogP contribution is 2.08. The maximum absolute atomic E-state index is 11.8. The van der Waals surface area contributed by atoms with Crippen LogP contribution in [0.2, 0.25) is 0 Å². The summed E-state index contributed by atoms with van der Waals surface area (Å²) in [4.78, 5) is 2.10. The van der Waals surface area contributed by atoms with Crippen molar-refractivity contribution in [3.05, 3.63) is 0 Å². The molecule has 0 radical (unpaired) electrons. The van der Waals surface area contributed by atoms with E-state index in [9.17, 15) is 8.42 Å². The lowest BCUT2D eigenvalue weighted by molar-refractivity contribution is 0.275. The molecule has 0 aromatic carbocycles. The van der Waals surface area contributed by atoms with Crippen LogP contribution in [0.1, 0.15) is 12.8 Å². The van der Waals surface area contributed by atoms with Crippen LogP contribution in [0.5, 0.6) is 0 Å². The predicted molar refractivity (Wildman–Crippen MR) is 62.3 cm³/mol. The van der Waals surface area contributed by atoms with Gasteiger partial charge in [0.05, 0.1) is 0 Å². The van der Waals surface area contributed by atoms with Crippen molar-refractivity contribution in [3.63, 3.8) is 0 Å². The normalized spacial score (nSPS) is 23.1. The summed E-state index contributed by atoms with van der Waals surface area (Å²) in [5, 5.41) is 8.65. The number of aliphatic hydroxyl groups excluding tert-OH is 1. The lowest BCUT2D eigenvalue weighted by Crippen LogP contribution is -2.44. The molecule has 0 spiro atoms. The van der Waals surface area contributed by atoms with E-state index in [0.717, 1.165) is 19.5 Å². The molecule has 7 heteroatoms. The van der Waals surface area contributed by atoms with E-state index in [-0.39, 0.29) is 12.6 Å². The first-order chi connectivity index (χ1) is 7.45. The van der Waals surface area contributed by atoms with Gasteiger partial charge in [-0.1, -0.05) is 0 Å². The molecule has 1 heterocycles. The molecule has 0 aromatic heterocycles. The Morgan fingerprint density at radius 1 is 1.56 bits per heavy atom. The third-order valence-corrected chi connectivity index (χ3v) is 4.38. The van der Waals surface area contributed by atoms with Crippen molar-refractivity contribution in [3.8, 4) is 0 Å². The van der Waals surface area contributed by atoms with Gasteiger partial charge in [-0.15, -0.1) is 0 Å². The molecule has 0 amide bonds. The Bertz CT molecular complexity index is 307. The van der Waals surface area contributed by atoms with Crippen LogP contribution < -0.4 is 4.72 Å². The Morgan fingerprint density at radius 3 is 2.75 bits per heavy atom. The third-order valence-electron chi connectivity index (χ3n) is 2.75. The Morgan fingerprint density at radius 2 is 2.25 bits per heavy atom. The van der Waals surface area contributed by atoms with Crippen LogP contribution in [-0.4, -0.2) is 69.1 Å². The van der Waals surface area contributed by atoms with E-state index >= 15 is 0 Å². The molecular formula is C9H21N3O3S. The maximum atomic E-state index is 11.8. The van der Waals surface area contributed by atoms with Gasteiger partial charge in [0.1, 0.15) is 0 Å². The second kappa shape index (κ2) is 5.92. The van der Waals surface area contributed by atoms with E-state index in [2.05, 4.69) is 9.62 Å². The molecule has 0 aromatic rings. The highest BCUT2D eigenvalue weighted by atomic mass is 32.2. The van der Waals surface area contributed by atoms with Crippen LogP contribution >= 0.6 is 0 Å². The SMILES string of the molecule is CN1CCC(NS(=O)(=O)N(C)CCCO)C1. The van der Waals surface area contributed by atoms with E-state index in [4.69, 9.17) is 5.11 Å². The third kappa shape index (κ3) is 3.99. The molecule has 0 aliphatic carbocycles. The number of nitrogens with one attached hydrogen (secondary N) is 1. The Kier molecular flexibility index (Phi) is 5.13. The number of hydrogen-bond acceptors (Lipinski definition) is 4. The Labute approximate surface area is 97.4 Å². The fourth-order valence-electron chi connectivity index (χ4n) is 1.75. The molecule has 1 aliphatic heterocycles. The highest BCUT2D eigenvalue weighted by Gasteiger charge is 2.26. The summed E-state index contributed by atoms with van der Waals surface area (Å²) in [6, 6.07) is 0.00609. The second-order valence-electron chi connectivity index (χ2n) is 4.27. The standard InChI is InChI=1S/C9H21N3O3S/c1-11-6-4-9(8-11)10-16(14,15)12(2)5-3-7-13/h9-10,13H,3-8H2,1-2H3. The minimum absolute atomic E-state index is 0.00598. The van der Waals surface area contributed by atoms with Crippen molar-refractivity contribution in [2.75, 3.05) is 40.3 Å². The van der Waals surface area contributed by atoms with Crippen molar-refractivity contribution in [2.24, 2.45) is 0 Å². The van der Waals surface area contributed by atoms with E-state index in [1.54, 1.807) is 0 Å². The summed E-state index contributed by atoms with van der Waals surface area (Å²) < 4.78 is 27.5. The lowest BCUT2D eigenvalue weighted by Gasteiger charge is -2.20. The van der Waals surface area contributed by atoms with E-state index < -0.39 is 10.2 Å². The van der Waals surface area contributed by atoms with Crippen molar-refractivity contribution >= 4 is 10.2 Å². The molecule has 2 N–H and O–H groups in total. The molecule has 1 atom stereocenters. The van der Waals surface area contributed by atoms with Crippen molar-refractivity contribution in [2.45, 2.75) is 18.9 Å². The number of aliphatic hydroxyl groups is 1. The molecule has 1 saturated heterocycles. The molecule has 1 fully saturated rings. The first-order valence-electron chi connectivity index (χ1n) is 5.48. The molecule has 6 nitrogen and oxygen atoms in total. The Hall–Kier alpha value is -0.210. The van der Waals surface area contributed by atoms with Crippen LogP contribution in [0.3, 0.4) is 0 Å². The average molecular weight is 251 g/mol. The van der Waals surface area contributed by atoms with E-state index in [1.165, 1.54) is 11.4 Å². The summed E-state index contributed by atoms with van der Waals surface area (Å²) in [7, 11) is 0.107. The van der Waals surface area contributed by atoms with E-state index in [1.807, 2.05) is 7.05 Å². The van der Waals surface area contributed by atoms with Gasteiger partial charge in [-0.25, -0.2) is 0 Å². The van der Waals surface area contributed by atoms with Crippen LogP contribution in [0.4, 0.5) is 0 Å². The number of hydrogen-bond donors (Lipinski definition) is 2. The van der Waals surface area contributed by atoms with Gasteiger partial charge in [0.15, 0.2) is 0 Å². The molecule has 16 heavy (non-hydrogen) atoms. The average Bonchev–Trinajstić information content (AvgIpc) is 2.59. The number of likely N-dealkylation sites (tertiary alicyclic amines) is 1. The molecule has 1 rings (SSSR count). The number of likely N-dealkylation sites (N-methyl/N-ethyl adjacent to an activating group) is 1. The Balaban J connectivity index is 2.44. The van der Waals surface area contributed by atoms with Gasteiger partial charge in [0, 0.05) is 32.8 Å². The minimum Gasteiger partial charge on any atom is -0.396 e. The summed E-state index contributed by atoms with van der Waals surface area (Å²) in [6.07, 6.45) is 1.31. The zero-order valence-electron chi connectivity index (χ0n) is 9.89. The summed E-state index contributed by atoms with van der Waals surface area (Å²) >= 11 is 0. The quantitative estimate of drug-likeness (QED) is 0.624. The monoisotopic (exact) mass is 251 g/mol. The number of rotatable bonds is 6. The van der Waals surface area contributed by atoms with Gasteiger partial charge in [-0.05, 0) is 26.4 Å². The van der Waals surface area contributed by atoms with E-state index in [0.29, 0.717) is 13.0 Å². The summed E-state index contributed by atoms with van der Waals surface area (Å²) in [5.41, 5.74) is 0. The molecule has 0 bridgehead atoms. The molecule has 0 saturated carbocycles. The van der Waals surface area contributed by atoms with Crippen LogP contribution in [-0.2, 0) is 10.2 Å². The fourth-order valence-corrected chi connectivity index (χ4v) is 2.91. The number of nitrogens with zero attached hydrogens (tertiary/aromatic N) is 2. The molecular weight excluding hydrogens is 230 g/mol. The largest absolute Gasteiger partial charge is 0.396 e. The van der Waals surface area contributed by atoms with Gasteiger partial charge in [-0.3, -0.25) is 0 Å². The van der Waals surface area contributed by atoms with Gasteiger partial charge in [0.2, 0.25) is 0 Å². The van der Waals surface area contributed by atoms with Gasteiger partial charge in [0.25, 0.3) is 10.2 Å². The second-order valence-corrected chi connectivity index (χ2v) is 6.08. The van der Waals surface area contributed by atoms with Gasteiger partial charge in [-0.2, -0.15) is 17.4 Å². The van der Waals surface area contributed by atoms with Gasteiger partial charge >= 0.3 is 0 Å². The first-order valence-corrected chi connectivity index (χ1v) is 6.92. The molecule has 1 aliphatic rings. The minimum atomic E-state index is -3.39. The lowest BCUT2D eigenvalue weighted by atomic mass is 10.3. The maximum Gasteiger partial charge on any atom is 0.279 e. The smallest absolute Gasteiger partial charge is 0.279 e. The van der Waals surface area contributed by atoms with Crippen molar-refractivity contribution < 1.29 is 13.5 Å². The zero-order valence-corrected chi connectivity index (χ0v) is 10.7. The van der Waals surface area contributed by atoms with Crippen molar-refractivity contribution in [1.29, 1.82) is 0 Å². The highest BCUT2D eigenvalue weighted by molar-refractivity contribution is 7.87. The van der Waals surface area contributed by atoms with Crippen LogP contribution in [0, 0.1) is 0 Å². The molecule has 1 unspecified atom stereocenters. The van der Waals surface area contributed by atoms with Crippen LogP contribution in [0.25, 0.3) is 0 Å². The topological polar surface area (TPSA) is 72.9 Å². The molecule has 96 valence electrons. The summed E-state index contributed by atoms with van der Waals surface area (Å²) in [6.45, 7) is 2.03. The predicted octanol–water partition coefficient (Wildman–Crippen LogP) is -1.16. The summed E-state index contributed by atoms with van der Waals surface area (Å²) in [5.74, 6) is 0. The zero-order chi connectivity index (χ0) is 12.2. The van der Waals surface area contributed by atoms with Crippen molar-refractivity contribution in [1.82, 2.24) is 13.9 Å². The van der Waals surface area contributed by atoms with Crippen LogP contribution in [0.15, 0.2) is 0 Å². The van der Waals surface area contributed by atoms with Gasteiger partial charge < -0.3 is 10.0 Å². The fraction of sp³-hybridized carbons (Fsp3) is 1.00. The first kappa shape index (κ1) is 13.9.